The van der Waals surface area contributed by atoms with Gasteiger partial charge < -0.3 is 20.1 Å². The third-order valence-electron chi connectivity index (χ3n) is 4.93. The van der Waals surface area contributed by atoms with Crippen molar-refractivity contribution in [3.63, 3.8) is 0 Å². The van der Waals surface area contributed by atoms with E-state index in [-0.39, 0.29) is 24.3 Å². The van der Waals surface area contributed by atoms with Crippen LogP contribution in [0.1, 0.15) is 37.4 Å². The van der Waals surface area contributed by atoms with Crippen LogP contribution in [0.5, 0.6) is 11.5 Å². The van der Waals surface area contributed by atoms with Gasteiger partial charge in [0.15, 0.2) is 11.5 Å². The smallest absolute Gasteiger partial charge is 0.233 e. The number of ether oxygens (including phenoxy) is 2. The molecular formula is C23H29FN2O3. The van der Waals surface area contributed by atoms with Crippen LogP contribution in [-0.4, -0.2) is 32.2 Å². The number of carbonyl (C=O) groups excluding carboxylic acids is 1. The number of nitrogens with one attached hydrogen (secondary N) is 2. The van der Waals surface area contributed by atoms with E-state index in [2.05, 4.69) is 24.5 Å². The lowest BCUT2D eigenvalue weighted by atomic mass is 9.95. The zero-order valence-corrected chi connectivity index (χ0v) is 17.0. The zero-order chi connectivity index (χ0) is 20.6. The molecule has 0 aliphatic carbocycles. The van der Waals surface area contributed by atoms with Gasteiger partial charge in [0.25, 0.3) is 0 Å². The highest BCUT2D eigenvalue weighted by atomic mass is 19.1. The summed E-state index contributed by atoms with van der Waals surface area (Å²) < 4.78 is 24.4. The molecule has 0 saturated heterocycles. The number of halogens is 1. The summed E-state index contributed by atoms with van der Waals surface area (Å²) in [5.74, 6) is 1.51. The standard InChI is InChI=1S/C23H29FN2O3/c1-16(2)23(18-6-9-20-21(14-18)29-13-3-12-28-20)26-15-22(27)25-11-10-17-4-7-19(24)8-5-17/h4-9,14,16,23,26H,3,10-13,15H2,1-2H3,(H,25,27)/t23-/m0/s1. The van der Waals surface area contributed by atoms with Gasteiger partial charge in [0.05, 0.1) is 19.8 Å². The average molecular weight is 400 g/mol. The lowest BCUT2D eigenvalue weighted by Gasteiger charge is -2.23. The number of benzene rings is 2. The van der Waals surface area contributed by atoms with Crippen LogP contribution >= 0.6 is 0 Å². The van der Waals surface area contributed by atoms with Crippen molar-refractivity contribution in [3.8, 4) is 11.5 Å². The van der Waals surface area contributed by atoms with Crippen LogP contribution in [0.4, 0.5) is 4.39 Å². The van der Waals surface area contributed by atoms with Crippen LogP contribution in [0.25, 0.3) is 0 Å². The third kappa shape index (κ3) is 6.19. The predicted octanol–water partition coefficient (Wildman–Crippen LogP) is 3.63. The van der Waals surface area contributed by atoms with Crippen molar-refractivity contribution in [2.75, 3.05) is 26.3 Å². The molecule has 0 fully saturated rings. The first-order chi connectivity index (χ1) is 14.0. The lowest BCUT2D eigenvalue weighted by Crippen LogP contribution is -2.38. The Labute approximate surface area is 171 Å². The van der Waals surface area contributed by atoms with Crippen molar-refractivity contribution in [1.29, 1.82) is 0 Å². The molecular weight excluding hydrogens is 371 g/mol. The maximum absolute atomic E-state index is 12.9. The van der Waals surface area contributed by atoms with Crippen molar-refractivity contribution in [2.24, 2.45) is 5.92 Å². The van der Waals surface area contributed by atoms with Gasteiger partial charge >= 0.3 is 0 Å². The summed E-state index contributed by atoms with van der Waals surface area (Å²) in [6.45, 7) is 6.28. The molecule has 2 N–H and O–H groups in total. The Balaban J connectivity index is 1.52. The lowest BCUT2D eigenvalue weighted by molar-refractivity contribution is -0.120. The van der Waals surface area contributed by atoms with E-state index >= 15 is 0 Å². The number of fused-ring (bicyclic) bond motifs is 1. The van der Waals surface area contributed by atoms with E-state index in [1.54, 1.807) is 12.1 Å². The highest BCUT2D eigenvalue weighted by Gasteiger charge is 2.19. The first kappa shape index (κ1) is 21.1. The molecule has 1 aliphatic rings. The van der Waals surface area contributed by atoms with E-state index in [0.717, 1.165) is 29.0 Å². The molecule has 3 rings (SSSR count). The molecule has 2 aromatic carbocycles. The van der Waals surface area contributed by atoms with E-state index in [4.69, 9.17) is 9.47 Å². The van der Waals surface area contributed by atoms with E-state index in [9.17, 15) is 9.18 Å². The third-order valence-corrected chi connectivity index (χ3v) is 4.93. The van der Waals surface area contributed by atoms with Gasteiger partial charge in [-0.05, 0) is 47.7 Å². The molecule has 1 aliphatic heterocycles. The molecule has 0 radical (unpaired) electrons. The Bertz CT molecular complexity index is 808. The number of carbonyl (C=O) groups is 1. The topological polar surface area (TPSA) is 59.6 Å². The Morgan fingerprint density at radius 2 is 1.79 bits per heavy atom. The molecule has 0 aromatic heterocycles. The van der Waals surface area contributed by atoms with Crippen LogP contribution in [-0.2, 0) is 11.2 Å². The Hall–Kier alpha value is -2.60. The molecule has 0 saturated carbocycles. The van der Waals surface area contributed by atoms with Crippen molar-refractivity contribution in [2.45, 2.75) is 32.7 Å². The number of amides is 1. The molecule has 156 valence electrons. The maximum Gasteiger partial charge on any atom is 0.233 e. The van der Waals surface area contributed by atoms with Crippen molar-refractivity contribution < 1.29 is 18.7 Å². The molecule has 0 unspecified atom stereocenters. The predicted molar refractivity (Wildman–Crippen MR) is 111 cm³/mol. The van der Waals surface area contributed by atoms with E-state index in [0.29, 0.717) is 32.1 Å². The van der Waals surface area contributed by atoms with E-state index < -0.39 is 0 Å². The van der Waals surface area contributed by atoms with Gasteiger partial charge in [-0.3, -0.25) is 4.79 Å². The van der Waals surface area contributed by atoms with Gasteiger partial charge in [-0.1, -0.05) is 32.0 Å². The van der Waals surface area contributed by atoms with Crippen LogP contribution in [0.2, 0.25) is 0 Å². The Morgan fingerprint density at radius 1 is 1.07 bits per heavy atom. The zero-order valence-electron chi connectivity index (χ0n) is 17.0. The Kier molecular flexibility index (Phi) is 7.47. The highest BCUT2D eigenvalue weighted by molar-refractivity contribution is 5.78. The number of hydrogen-bond acceptors (Lipinski definition) is 4. The minimum absolute atomic E-state index is 0.0231. The summed E-state index contributed by atoms with van der Waals surface area (Å²) in [4.78, 5) is 12.2. The molecule has 0 spiro atoms. The van der Waals surface area contributed by atoms with Crippen LogP contribution < -0.4 is 20.1 Å². The first-order valence-electron chi connectivity index (χ1n) is 10.2. The fourth-order valence-corrected chi connectivity index (χ4v) is 3.37. The second-order valence-corrected chi connectivity index (χ2v) is 7.59. The van der Waals surface area contributed by atoms with E-state index in [1.807, 2.05) is 18.2 Å². The number of rotatable bonds is 8. The second kappa shape index (κ2) is 10.3. The van der Waals surface area contributed by atoms with Crippen molar-refractivity contribution in [1.82, 2.24) is 10.6 Å². The Morgan fingerprint density at radius 3 is 2.52 bits per heavy atom. The fraction of sp³-hybridized carbons (Fsp3) is 0.435. The van der Waals surface area contributed by atoms with Crippen molar-refractivity contribution >= 4 is 5.91 Å². The normalized spacial score (nSPS) is 14.3. The molecule has 1 amide bonds. The summed E-state index contributed by atoms with van der Waals surface area (Å²) >= 11 is 0. The summed E-state index contributed by atoms with van der Waals surface area (Å²) in [6, 6.07) is 12.3. The minimum Gasteiger partial charge on any atom is -0.490 e. The molecule has 1 heterocycles. The molecule has 1 atom stereocenters. The van der Waals surface area contributed by atoms with Gasteiger partial charge in [-0.25, -0.2) is 4.39 Å². The molecule has 6 heteroatoms. The molecule has 5 nitrogen and oxygen atoms in total. The van der Waals surface area contributed by atoms with Gasteiger partial charge in [0.1, 0.15) is 5.82 Å². The van der Waals surface area contributed by atoms with Gasteiger partial charge in [-0.2, -0.15) is 0 Å². The second-order valence-electron chi connectivity index (χ2n) is 7.59. The number of hydrogen-bond donors (Lipinski definition) is 2. The summed E-state index contributed by atoms with van der Waals surface area (Å²) in [5, 5.41) is 6.27. The molecule has 0 bridgehead atoms. The SMILES string of the molecule is CC(C)[C@H](NCC(=O)NCCc1ccc(F)cc1)c1ccc2c(c1)OCCCO2. The average Bonchev–Trinajstić information content (AvgIpc) is 2.94. The van der Waals surface area contributed by atoms with Crippen LogP contribution in [0, 0.1) is 11.7 Å². The van der Waals surface area contributed by atoms with Gasteiger partial charge in [-0.15, -0.1) is 0 Å². The van der Waals surface area contributed by atoms with E-state index in [1.165, 1.54) is 12.1 Å². The largest absolute Gasteiger partial charge is 0.490 e. The highest BCUT2D eigenvalue weighted by Crippen LogP contribution is 2.34. The minimum atomic E-state index is -0.253. The van der Waals surface area contributed by atoms with Gasteiger partial charge in [0.2, 0.25) is 5.91 Å². The summed E-state index contributed by atoms with van der Waals surface area (Å²) in [5.41, 5.74) is 2.07. The molecule has 2 aromatic rings. The summed E-state index contributed by atoms with van der Waals surface area (Å²) in [6.07, 6.45) is 1.54. The maximum atomic E-state index is 12.9. The van der Waals surface area contributed by atoms with Crippen LogP contribution in [0.3, 0.4) is 0 Å². The first-order valence-corrected chi connectivity index (χ1v) is 10.2. The van der Waals surface area contributed by atoms with Crippen molar-refractivity contribution in [3.05, 3.63) is 59.4 Å². The quantitative estimate of drug-likeness (QED) is 0.710. The summed E-state index contributed by atoms with van der Waals surface area (Å²) in [7, 11) is 0. The van der Waals surface area contributed by atoms with Gasteiger partial charge in [0, 0.05) is 19.0 Å². The van der Waals surface area contributed by atoms with Crippen LogP contribution in [0.15, 0.2) is 42.5 Å². The fourth-order valence-electron chi connectivity index (χ4n) is 3.37. The molecule has 29 heavy (non-hydrogen) atoms. The monoisotopic (exact) mass is 400 g/mol.